The molecule has 0 aliphatic carbocycles. The highest BCUT2D eigenvalue weighted by molar-refractivity contribution is 9.10. The number of carbonyl (C=O) groups excluding carboxylic acids is 2. The molecule has 0 spiro atoms. The van der Waals surface area contributed by atoms with Crippen LogP contribution in [0.5, 0.6) is 23.0 Å². The number of hydrogen-bond donors (Lipinski definition) is 0. The van der Waals surface area contributed by atoms with Crippen LogP contribution < -0.4 is 18.9 Å². The molecule has 1 heterocycles. The smallest absolute Gasteiger partial charge is 0.344 e. The normalized spacial score (nSPS) is 12.2. The van der Waals surface area contributed by atoms with Gasteiger partial charge in [-0.25, -0.2) is 4.79 Å². The maximum absolute atomic E-state index is 12.1. The average molecular weight is 451 g/mol. The van der Waals surface area contributed by atoms with Gasteiger partial charge in [-0.15, -0.1) is 0 Å². The zero-order chi connectivity index (χ0) is 20.1. The van der Waals surface area contributed by atoms with Gasteiger partial charge in [-0.3, -0.25) is 4.79 Å². The van der Waals surface area contributed by atoms with Gasteiger partial charge in [-0.1, -0.05) is 15.9 Å². The van der Waals surface area contributed by atoms with Crippen LogP contribution in [0.2, 0.25) is 0 Å². The highest BCUT2D eigenvalue weighted by Crippen LogP contribution is 2.35. The van der Waals surface area contributed by atoms with E-state index in [4.69, 9.17) is 23.7 Å². The topological polar surface area (TPSA) is 80.3 Å². The Morgan fingerprint density at radius 1 is 1.07 bits per heavy atom. The van der Waals surface area contributed by atoms with E-state index in [1.807, 2.05) is 0 Å². The monoisotopic (exact) mass is 450 g/mol. The Bertz CT molecular complexity index is 894. The molecule has 3 rings (SSSR count). The Hall–Kier alpha value is -2.74. The number of methoxy groups -OCH3 is 1. The average Bonchev–Trinajstić information content (AvgIpc) is 2.70. The third-order valence-corrected chi connectivity index (χ3v) is 4.75. The lowest BCUT2D eigenvalue weighted by Gasteiger charge is -2.20. The lowest BCUT2D eigenvalue weighted by atomic mass is 10.1. The van der Waals surface area contributed by atoms with Crippen molar-refractivity contribution in [2.45, 2.75) is 13.5 Å². The Morgan fingerprint density at radius 3 is 2.46 bits per heavy atom. The summed E-state index contributed by atoms with van der Waals surface area (Å²) >= 11 is 3.44. The quantitative estimate of drug-likeness (QED) is 0.471. The zero-order valence-corrected chi connectivity index (χ0v) is 17.0. The van der Waals surface area contributed by atoms with E-state index >= 15 is 0 Å². The first kappa shape index (κ1) is 20.0. The second-order valence-electron chi connectivity index (χ2n) is 5.96. The summed E-state index contributed by atoms with van der Waals surface area (Å²) in [5, 5.41) is 0. The summed E-state index contributed by atoms with van der Waals surface area (Å²) in [7, 11) is 1.46. The lowest BCUT2D eigenvalue weighted by Crippen LogP contribution is -2.17. The van der Waals surface area contributed by atoms with Gasteiger partial charge < -0.3 is 23.7 Å². The minimum Gasteiger partial charge on any atom is -0.493 e. The van der Waals surface area contributed by atoms with Crippen molar-refractivity contribution < 1.29 is 33.3 Å². The number of fused-ring (bicyclic) bond motifs is 1. The molecule has 0 unspecified atom stereocenters. The predicted octanol–water partition coefficient (Wildman–Crippen LogP) is 3.55. The van der Waals surface area contributed by atoms with Crippen molar-refractivity contribution >= 4 is 27.7 Å². The zero-order valence-electron chi connectivity index (χ0n) is 15.5. The molecule has 0 N–H and O–H groups in total. The van der Waals surface area contributed by atoms with Crippen LogP contribution in [0.25, 0.3) is 0 Å². The minimum atomic E-state index is -0.542. The van der Waals surface area contributed by atoms with E-state index in [2.05, 4.69) is 15.9 Å². The summed E-state index contributed by atoms with van der Waals surface area (Å²) in [6, 6.07) is 8.32. The highest BCUT2D eigenvalue weighted by Gasteiger charge is 2.16. The molecule has 1 aliphatic heterocycles. The number of benzene rings is 2. The van der Waals surface area contributed by atoms with Crippen LogP contribution in [-0.2, 0) is 16.1 Å². The van der Waals surface area contributed by atoms with Crippen LogP contribution in [-0.4, -0.2) is 38.7 Å². The van der Waals surface area contributed by atoms with Crippen molar-refractivity contribution in [3.63, 3.8) is 0 Å². The molecular weight excluding hydrogens is 432 g/mol. The first-order valence-corrected chi connectivity index (χ1v) is 9.32. The molecule has 148 valence electrons. The number of halogens is 1. The minimum absolute atomic E-state index is 0.0554. The molecule has 0 saturated heterocycles. The van der Waals surface area contributed by atoms with Gasteiger partial charge in [0, 0.05) is 15.6 Å². The second kappa shape index (κ2) is 8.97. The number of Topliss-reactive ketones (excluding diaryl/α,β-unsaturated/α-hetero) is 1. The van der Waals surface area contributed by atoms with E-state index in [1.54, 1.807) is 30.3 Å². The van der Waals surface area contributed by atoms with E-state index in [1.165, 1.54) is 14.0 Å². The Morgan fingerprint density at radius 2 is 1.79 bits per heavy atom. The molecule has 2 aromatic carbocycles. The van der Waals surface area contributed by atoms with Crippen LogP contribution in [0.15, 0.2) is 34.8 Å². The van der Waals surface area contributed by atoms with Crippen LogP contribution in [0.4, 0.5) is 0 Å². The summed E-state index contributed by atoms with van der Waals surface area (Å²) < 4.78 is 27.7. The van der Waals surface area contributed by atoms with Gasteiger partial charge in [0.1, 0.15) is 19.8 Å². The third-order valence-electron chi connectivity index (χ3n) is 4.02. The van der Waals surface area contributed by atoms with Crippen molar-refractivity contribution in [1.29, 1.82) is 0 Å². The second-order valence-corrected chi connectivity index (χ2v) is 6.81. The number of esters is 1. The number of hydrogen-bond acceptors (Lipinski definition) is 7. The fourth-order valence-electron chi connectivity index (χ4n) is 2.56. The van der Waals surface area contributed by atoms with Crippen LogP contribution >= 0.6 is 15.9 Å². The molecule has 0 fully saturated rings. The molecule has 0 saturated carbocycles. The summed E-state index contributed by atoms with van der Waals surface area (Å²) in [5.41, 5.74) is 1.25. The van der Waals surface area contributed by atoms with Gasteiger partial charge in [0.25, 0.3) is 0 Å². The van der Waals surface area contributed by atoms with Crippen molar-refractivity contribution in [3.05, 3.63) is 45.9 Å². The molecule has 7 nitrogen and oxygen atoms in total. The molecule has 1 aliphatic rings. The molecule has 28 heavy (non-hydrogen) atoms. The van der Waals surface area contributed by atoms with Crippen molar-refractivity contribution in [1.82, 2.24) is 0 Å². The van der Waals surface area contributed by atoms with E-state index < -0.39 is 5.97 Å². The number of rotatable bonds is 7. The summed E-state index contributed by atoms with van der Waals surface area (Å²) in [4.78, 5) is 23.5. The Kier molecular flexibility index (Phi) is 6.41. The van der Waals surface area contributed by atoms with Gasteiger partial charge in [-0.05, 0) is 37.3 Å². The third kappa shape index (κ3) is 4.75. The van der Waals surface area contributed by atoms with Crippen molar-refractivity contribution in [3.8, 4) is 23.0 Å². The van der Waals surface area contributed by atoms with E-state index in [9.17, 15) is 9.59 Å². The number of ether oxygens (including phenoxy) is 5. The fourth-order valence-corrected chi connectivity index (χ4v) is 3.00. The number of carbonyl (C=O) groups is 2. The maximum atomic E-state index is 12.1. The standard InChI is InChI=1S/C20H19BrO7/c1-12(22)13-3-4-16(17(7-13)24-2)27-11-20(23)28-10-14-8-18-19(9-15(14)21)26-6-5-25-18/h3-4,7-9H,5-6,10-11H2,1-2H3. The summed E-state index contributed by atoms with van der Waals surface area (Å²) in [5.74, 6) is 1.36. The molecule has 0 atom stereocenters. The van der Waals surface area contributed by atoms with Crippen molar-refractivity contribution in [2.75, 3.05) is 26.9 Å². The van der Waals surface area contributed by atoms with Gasteiger partial charge in [0.15, 0.2) is 35.4 Å². The van der Waals surface area contributed by atoms with Gasteiger partial charge in [0.2, 0.25) is 0 Å². The largest absolute Gasteiger partial charge is 0.493 e. The van der Waals surface area contributed by atoms with Crippen molar-refractivity contribution in [2.24, 2.45) is 0 Å². The Balaban J connectivity index is 1.57. The summed E-state index contributed by atoms with van der Waals surface area (Å²) in [6.45, 7) is 2.20. The van der Waals surface area contributed by atoms with Crippen LogP contribution in [0.3, 0.4) is 0 Å². The predicted molar refractivity (Wildman–Crippen MR) is 103 cm³/mol. The van der Waals surface area contributed by atoms with E-state index in [0.29, 0.717) is 41.8 Å². The highest BCUT2D eigenvalue weighted by atomic mass is 79.9. The molecular formula is C20H19BrO7. The van der Waals surface area contributed by atoms with Crippen LogP contribution in [0.1, 0.15) is 22.8 Å². The molecule has 8 heteroatoms. The molecule has 0 bridgehead atoms. The molecule has 0 aromatic heterocycles. The van der Waals surface area contributed by atoms with Crippen LogP contribution in [0, 0.1) is 0 Å². The van der Waals surface area contributed by atoms with Gasteiger partial charge >= 0.3 is 5.97 Å². The fraction of sp³-hybridized carbons (Fsp3) is 0.300. The number of ketones is 1. The Labute approximate surface area is 170 Å². The van der Waals surface area contributed by atoms with Gasteiger partial charge in [0.05, 0.1) is 7.11 Å². The van der Waals surface area contributed by atoms with Gasteiger partial charge in [-0.2, -0.15) is 0 Å². The first-order chi connectivity index (χ1) is 13.5. The molecule has 2 aromatic rings. The molecule has 0 radical (unpaired) electrons. The van der Waals surface area contributed by atoms with E-state index in [0.717, 1.165) is 10.0 Å². The molecule has 0 amide bonds. The summed E-state index contributed by atoms with van der Waals surface area (Å²) in [6.07, 6.45) is 0. The maximum Gasteiger partial charge on any atom is 0.344 e. The lowest BCUT2D eigenvalue weighted by molar-refractivity contribution is -0.147. The first-order valence-electron chi connectivity index (χ1n) is 8.53. The van der Waals surface area contributed by atoms with E-state index in [-0.39, 0.29) is 19.0 Å². The SMILES string of the molecule is COc1cc(C(C)=O)ccc1OCC(=O)OCc1cc2c(cc1Br)OCCO2.